The maximum Gasteiger partial charge on any atom is 0.306 e. The normalized spacial score (nSPS) is 11.7. The smallest absolute Gasteiger partial charge is 0.306 e. The summed E-state index contributed by atoms with van der Waals surface area (Å²) >= 11 is 0. The van der Waals surface area contributed by atoms with Gasteiger partial charge in [-0.15, -0.1) is 0 Å². The van der Waals surface area contributed by atoms with Crippen LogP contribution in [0.15, 0.2) is 12.2 Å². The lowest BCUT2D eigenvalue weighted by Crippen LogP contribution is -2.28. The Morgan fingerprint density at radius 2 is 1.32 bits per heavy atom. The first-order chi connectivity index (χ1) is 13.4. The van der Waals surface area contributed by atoms with E-state index in [9.17, 15) is 9.59 Å². The number of hydrogen-bond donors (Lipinski definition) is 0. The number of esters is 2. The van der Waals surface area contributed by atoms with Gasteiger partial charge in [0.2, 0.25) is 0 Å². The zero-order valence-corrected chi connectivity index (χ0v) is 19.0. The van der Waals surface area contributed by atoms with E-state index in [1.807, 2.05) is 6.08 Å². The molecule has 0 radical (unpaired) electrons. The van der Waals surface area contributed by atoms with Crippen LogP contribution in [-0.2, 0) is 19.1 Å². The minimum absolute atomic E-state index is 0.0686. The molecule has 0 aromatic heterocycles. The molecule has 0 aromatic rings. The zero-order valence-electron chi connectivity index (χ0n) is 19.0. The van der Waals surface area contributed by atoms with Gasteiger partial charge in [-0.25, -0.2) is 0 Å². The fraction of sp³-hybridized carbons (Fsp3) is 0.833. The largest absolute Gasteiger partial charge is 0.462 e. The van der Waals surface area contributed by atoms with E-state index in [-0.39, 0.29) is 30.9 Å². The van der Waals surface area contributed by atoms with Crippen LogP contribution in [0.3, 0.4) is 0 Å². The lowest BCUT2D eigenvalue weighted by atomic mass is 9.96. The molecule has 0 heterocycles. The third-order valence-electron chi connectivity index (χ3n) is 4.83. The van der Waals surface area contributed by atoms with Crippen LogP contribution in [0.1, 0.15) is 105 Å². The minimum atomic E-state index is -0.252. The molecule has 164 valence electrons. The summed E-state index contributed by atoms with van der Waals surface area (Å²) in [6.07, 6.45) is 15.1. The first kappa shape index (κ1) is 26.7. The number of hydrogen-bond acceptors (Lipinski definition) is 4. The van der Waals surface area contributed by atoms with Crippen LogP contribution in [0, 0.1) is 11.8 Å². The van der Waals surface area contributed by atoms with Crippen LogP contribution in [-0.4, -0.2) is 24.6 Å². The van der Waals surface area contributed by atoms with Gasteiger partial charge in [0.1, 0.15) is 12.7 Å². The van der Waals surface area contributed by atoms with Gasteiger partial charge in [0.15, 0.2) is 0 Å². The van der Waals surface area contributed by atoms with Gasteiger partial charge in [0.25, 0.3) is 0 Å². The summed E-state index contributed by atoms with van der Waals surface area (Å²) in [5.41, 5.74) is 0. The van der Waals surface area contributed by atoms with Gasteiger partial charge in [-0.05, 0) is 31.1 Å². The molecule has 0 amide bonds. The second-order valence-electron chi connectivity index (χ2n) is 8.36. The zero-order chi connectivity index (χ0) is 21.2. The van der Waals surface area contributed by atoms with Gasteiger partial charge in [-0.2, -0.15) is 0 Å². The van der Waals surface area contributed by atoms with Crippen LogP contribution in [0.5, 0.6) is 0 Å². The predicted octanol–water partition coefficient (Wildman–Crippen LogP) is 6.62. The molecule has 4 nitrogen and oxygen atoms in total. The second-order valence-corrected chi connectivity index (χ2v) is 8.36. The standard InChI is InChI=1S/C24H44O4/c1-6-7-8-9-10-11-12-13-14-15-19-27-22(25)17-16-18-23(26)28-24(20(2)3)21(4)5/h14-15,20-21,24H,6-13,16-19H2,1-5H3/b15-14+. The summed E-state index contributed by atoms with van der Waals surface area (Å²) in [6, 6.07) is 0. The van der Waals surface area contributed by atoms with Gasteiger partial charge >= 0.3 is 11.9 Å². The quantitative estimate of drug-likeness (QED) is 0.157. The molecule has 0 fully saturated rings. The fourth-order valence-corrected chi connectivity index (χ4v) is 3.25. The molecule has 4 heteroatoms. The third-order valence-corrected chi connectivity index (χ3v) is 4.83. The molecule has 0 aliphatic heterocycles. The summed E-state index contributed by atoms with van der Waals surface area (Å²) in [4.78, 5) is 23.6. The molecule has 0 atom stereocenters. The second kappa shape index (κ2) is 17.8. The number of unbranched alkanes of at least 4 members (excludes halogenated alkanes) is 7. The monoisotopic (exact) mass is 396 g/mol. The van der Waals surface area contributed by atoms with Crippen molar-refractivity contribution in [3.8, 4) is 0 Å². The van der Waals surface area contributed by atoms with E-state index < -0.39 is 0 Å². The Morgan fingerprint density at radius 3 is 1.93 bits per heavy atom. The van der Waals surface area contributed by atoms with Crippen LogP contribution in [0.4, 0.5) is 0 Å². The summed E-state index contributed by atoms with van der Waals surface area (Å²) in [7, 11) is 0. The number of ether oxygens (including phenoxy) is 2. The predicted molar refractivity (Wildman–Crippen MR) is 116 cm³/mol. The van der Waals surface area contributed by atoms with E-state index in [0.717, 1.165) is 6.42 Å². The molecule has 0 spiro atoms. The van der Waals surface area contributed by atoms with Crippen LogP contribution < -0.4 is 0 Å². The Balaban J connectivity index is 3.65. The van der Waals surface area contributed by atoms with Crippen LogP contribution >= 0.6 is 0 Å². The number of carbonyl (C=O) groups is 2. The van der Waals surface area contributed by atoms with Crippen molar-refractivity contribution in [3.05, 3.63) is 12.2 Å². The summed E-state index contributed by atoms with van der Waals surface area (Å²) < 4.78 is 10.7. The van der Waals surface area contributed by atoms with Crippen molar-refractivity contribution in [2.45, 2.75) is 111 Å². The van der Waals surface area contributed by atoms with E-state index in [1.54, 1.807) is 0 Å². The Kier molecular flexibility index (Phi) is 16.9. The Labute approximate surface area is 173 Å². The molecule has 0 bridgehead atoms. The summed E-state index contributed by atoms with van der Waals surface area (Å²) in [5, 5.41) is 0. The van der Waals surface area contributed by atoms with Crippen molar-refractivity contribution in [1.82, 2.24) is 0 Å². The molecule has 0 saturated heterocycles. The maximum atomic E-state index is 11.9. The van der Waals surface area contributed by atoms with Crippen molar-refractivity contribution in [1.29, 1.82) is 0 Å². The molecule has 0 aliphatic rings. The average Bonchev–Trinajstić information content (AvgIpc) is 2.63. The highest BCUT2D eigenvalue weighted by Gasteiger charge is 2.21. The number of allylic oxidation sites excluding steroid dienone is 1. The highest BCUT2D eigenvalue weighted by Crippen LogP contribution is 2.17. The number of rotatable bonds is 17. The third kappa shape index (κ3) is 15.7. The lowest BCUT2D eigenvalue weighted by molar-refractivity contribution is -0.154. The SMILES string of the molecule is CCCCCCCCC/C=C/COC(=O)CCCC(=O)OC(C(C)C)C(C)C. The van der Waals surface area contributed by atoms with Gasteiger partial charge < -0.3 is 9.47 Å². The van der Waals surface area contributed by atoms with Gasteiger partial charge in [-0.3, -0.25) is 9.59 Å². The first-order valence-corrected chi connectivity index (χ1v) is 11.4. The molecule has 0 unspecified atom stereocenters. The first-order valence-electron chi connectivity index (χ1n) is 11.4. The lowest BCUT2D eigenvalue weighted by Gasteiger charge is -2.24. The highest BCUT2D eigenvalue weighted by molar-refractivity contribution is 5.72. The van der Waals surface area contributed by atoms with E-state index in [0.29, 0.717) is 24.9 Å². The Hall–Kier alpha value is -1.32. The van der Waals surface area contributed by atoms with Gasteiger partial charge in [0, 0.05) is 12.8 Å². The Bertz CT molecular complexity index is 418. The van der Waals surface area contributed by atoms with Crippen LogP contribution in [0.25, 0.3) is 0 Å². The van der Waals surface area contributed by atoms with Crippen molar-refractivity contribution in [2.75, 3.05) is 6.61 Å². The number of carbonyl (C=O) groups excluding carboxylic acids is 2. The van der Waals surface area contributed by atoms with Crippen molar-refractivity contribution < 1.29 is 19.1 Å². The molecule has 0 aromatic carbocycles. The van der Waals surface area contributed by atoms with E-state index >= 15 is 0 Å². The van der Waals surface area contributed by atoms with Gasteiger partial charge in [0.05, 0.1) is 0 Å². The summed E-state index contributed by atoms with van der Waals surface area (Å²) in [5.74, 6) is 0.107. The molecule has 28 heavy (non-hydrogen) atoms. The average molecular weight is 397 g/mol. The Morgan fingerprint density at radius 1 is 0.750 bits per heavy atom. The molecule has 0 aliphatic carbocycles. The molecule has 0 rings (SSSR count). The van der Waals surface area contributed by atoms with E-state index in [1.165, 1.54) is 44.9 Å². The van der Waals surface area contributed by atoms with E-state index in [2.05, 4.69) is 40.7 Å². The maximum absolute atomic E-state index is 11.9. The van der Waals surface area contributed by atoms with Crippen molar-refractivity contribution in [3.63, 3.8) is 0 Å². The molecular weight excluding hydrogens is 352 g/mol. The van der Waals surface area contributed by atoms with Crippen molar-refractivity contribution in [2.24, 2.45) is 11.8 Å². The molecule has 0 saturated carbocycles. The van der Waals surface area contributed by atoms with Crippen LogP contribution in [0.2, 0.25) is 0 Å². The van der Waals surface area contributed by atoms with Crippen molar-refractivity contribution >= 4 is 11.9 Å². The van der Waals surface area contributed by atoms with E-state index in [4.69, 9.17) is 9.47 Å². The molecule has 0 N–H and O–H groups in total. The summed E-state index contributed by atoms with van der Waals surface area (Å²) in [6.45, 7) is 10.8. The molecular formula is C24H44O4. The highest BCUT2D eigenvalue weighted by atomic mass is 16.5. The fourth-order valence-electron chi connectivity index (χ4n) is 3.25. The topological polar surface area (TPSA) is 52.6 Å². The van der Waals surface area contributed by atoms with Gasteiger partial charge in [-0.1, -0.05) is 85.3 Å². The minimum Gasteiger partial charge on any atom is -0.462 e.